The molecule has 0 spiro atoms. The molecule has 1 aromatic carbocycles. The van der Waals surface area contributed by atoms with Crippen molar-refractivity contribution in [2.45, 2.75) is 25.1 Å². The van der Waals surface area contributed by atoms with E-state index >= 15 is 0 Å². The van der Waals surface area contributed by atoms with Gasteiger partial charge in [-0.05, 0) is 30.2 Å². The Bertz CT molecular complexity index is 974. The van der Waals surface area contributed by atoms with Crippen LogP contribution in [0.5, 0.6) is 0 Å². The van der Waals surface area contributed by atoms with Crippen molar-refractivity contribution < 1.29 is 22.8 Å². The van der Waals surface area contributed by atoms with Crippen molar-refractivity contribution in [2.24, 2.45) is 0 Å². The summed E-state index contributed by atoms with van der Waals surface area (Å²) in [6, 6.07) is 7.64. The third-order valence-electron chi connectivity index (χ3n) is 4.50. The molecular weight excluding hydrogens is 405 g/mol. The highest BCUT2D eigenvalue weighted by Gasteiger charge is 2.29. The first-order chi connectivity index (χ1) is 13.8. The lowest BCUT2D eigenvalue weighted by molar-refractivity contribution is -0.134. The van der Waals surface area contributed by atoms with Gasteiger partial charge in [0.2, 0.25) is 5.91 Å². The molecule has 1 atom stereocenters. The van der Waals surface area contributed by atoms with Crippen LogP contribution in [0.15, 0.2) is 30.5 Å². The minimum atomic E-state index is -4.26. The number of nitriles is 1. The molecule has 0 bridgehead atoms. The van der Waals surface area contributed by atoms with Crippen LogP contribution in [-0.4, -0.2) is 52.1 Å². The Morgan fingerprint density at radius 3 is 2.86 bits per heavy atom. The molecule has 10 heteroatoms. The quantitative estimate of drug-likeness (QED) is 0.801. The van der Waals surface area contributed by atoms with Gasteiger partial charge < -0.3 is 10.2 Å². The summed E-state index contributed by atoms with van der Waals surface area (Å²) < 4.78 is 37.5. The Hall–Kier alpha value is -2.80. The first-order valence-electron chi connectivity index (χ1n) is 8.78. The first-order valence-corrected chi connectivity index (χ1v) is 9.93. The number of halogens is 3. The number of nitrogens with zero attached hydrogens (tertiary/aromatic N) is 3. The lowest BCUT2D eigenvalue weighted by Gasteiger charge is -2.18. The number of hydrogen-bond acceptors (Lipinski definition) is 5. The van der Waals surface area contributed by atoms with Crippen molar-refractivity contribution in [3.8, 4) is 6.07 Å². The van der Waals surface area contributed by atoms with Crippen molar-refractivity contribution in [3.05, 3.63) is 41.6 Å². The molecular formula is C19H17F3N4O2S. The van der Waals surface area contributed by atoms with Crippen LogP contribution >= 0.6 is 11.8 Å². The second-order valence-corrected chi connectivity index (χ2v) is 7.52. The van der Waals surface area contributed by atoms with Gasteiger partial charge in [-0.1, -0.05) is 6.07 Å². The first kappa shape index (κ1) is 20.9. The molecule has 2 heterocycles. The highest BCUT2D eigenvalue weighted by Crippen LogP contribution is 2.25. The van der Waals surface area contributed by atoms with E-state index < -0.39 is 24.5 Å². The maximum Gasteiger partial charge on any atom is 0.389 e. The fourth-order valence-corrected chi connectivity index (χ4v) is 4.08. The van der Waals surface area contributed by atoms with Crippen LogP contribution in [0.1, 0.15) is 22.3 Å². The molecule has 29 heavy (non-hydrogen) atoms. The van der Waals surface area contributed by atoms with Crippen molar-refractivity contribution >= 4 is 34.5 Å². The van der Waals surface area contributed by atoms with E-state index in [1.165, 1.54) is 35.0 Å². The predicted octanol–water partition coefficient (Wildman–Crippen LogP) is 2.88. The molecule has 2 aromatic rings. The molecule has 1 aliphatic heterocycles. The minimum Gasteiger partial charge on any atom is -0.343 e. The van der Waals surface area contributed by atoms with E-state index in [2.05, 4.69) is 16.4 Å². The number of carbonyl (C=O) groups is 2. The minimum absolute atomic E-state index is 0.198. The number of fused-ring (bicyclic) bond motifs is 1. The summed E-state index contributed by atoms with van der Waals surface area (Å²) in [6.07, 6.45) is -3.99. The predicted molar refractivity (Wildman–Crippen MR) is 102 cm³/mol. The monoisotopic (exact) mass is 422 g/mol. The zero-order valence-corrected chi connectivity index (χ0v) is 16.0. The third kappa shape index (κ3) is 5.17. The average molecular weight is 422 g/mol. The number of amides is 2. The number of alkyl halides is 3. The zero-order chi connectivity index (χ0) is 21.0. The van der Waals surface area contributed by atoms with Crippen molar-refractivity contribution in [3.63, 3.8) is 0 Å². The van der Waals surface area contributed by atoms with Crippen molar-refractivity contribution in [1.29, 1.82) is 5.26 Å². The van der Waals surface area contributed by atoms with Gasteiger partial charge in [0.1, 0.15) is 6.04 Å². The molecule has 3 rings (SSSR count). The molecule has 0 saturated carbocycles. The van der Waals surface area contributed by atoms with Gasteiger partial charge in [-0.25, -0.2) is 0 Å². The Morgan fingerprint density at radius 2 is 2.14 bits per heavy atom. The van der Waals surface area contributed by atoms with Crippen LogP contribution < -0.4 is 5.32 Å². The molecule has 1 unspecified atom stereocenters. The van der Waals surface area contributed by atoms with Gasteiger partial charge >= 0.3 is 6.18 Å². The van der Waals surface area contributed by atoms with E-state index in [0.29, 0.717) is 28.1 Å². The summed E-state index contributed by atoms with van der Waals surface area (Å²) in [7, 11) is 0. The van der Waals surface area contributed by atoms with Gasteiger partial charge in [-0.3, -0.25) is 14.6 Å². The van der Waals surface area contributed by atoms with Crippen LogP contribution in [0.25, 0.3) is 10.9 Å². The molecule has 1 fully saturated rings. The number of pyridine rings is 1. The highest BCUT2D eigenvalue weighted by atomic mass is 32.2. The Balaban J connectivity index is 1.73. The van der Waals surface area contributed by atoms with E-state index in [9.17, 15) is 22.8 Å². The molecule has 1 aliphatic rings. The molecule has 6 nitrogen and oxygen atoms in total. The molecule has 2 amide bonds. The summed E-state index contributed by atoms with van der Waals surface area (Å²) in [4.78, 5) is 30.4. The highest BCUT2D eigenvalue weighted by molar-refractivity contribution is 7.99. The Labute approximate surface area is 169 Å². The van der Waals surface area contributed by atoms with E-state index in [1.807, 2.05) is 0 Å². The van der Waals surface area contributed by atoms with Crippen LogP contribution in [0.3, 0.4) is 0 Å². The smallest absolute Gasteiger partial charge is 0.343 e. The largest absolute Gasteiger partial charge is 0.389 e. The molecule has 1 aromatic heterocycles. The van der Waals surface area contributed by atoms with Crippen molar-refractivity contribution in [2.75, 3.05) is 18.2 Å². The summed E-state index contributed by atoms with van der Waals surface area (Å²) >= 11 is 1.47. The van der Waals surface area contributed by atoms with Crippen molar-refractivity contribution in [1.82, 2.24) is 15.2 Å². The fraction of sp³-hybridized carbons (Fsp3) is 0.368. The van der Waals surface area contributed by atoms with E-state index in [0.717, 1.165) is 0 Å². The van der Waals surface area contributed by atoms with Crippen LogP contribution in [0.4, 0.5) is 13.2 Å². The number of thioether (sulfide) groups is 1. The standard InChI is InChI=1S/C19H17F3N4O2S/c20-19(21,22)5-3-12-1-2-16-15(7-12)14(4-6-24-16)18(28)25-9-17(27)26-11-29-10-13(26)8-23/h1-2,4,6-7,13H,3,5,9-11H2,(H,25,28). The molecule has 1 saturated heterocycles. The number of rotatable bonds is 5. The molecule has 152 valence electrons. The summed E-state index contributed by atoms with van der Waals surface area (Å²) in [5, 5.41) is 12.0. The lowest BCUT2D eigenvalue weighted by atomic mass is 10.0. The number of aryl methyl sites for hydroxylation is 1. The second-order valence-electron chi connectivity index (χ2n) is 6.52. The van der Waals surface area contributed by atoms with Gasteiger partial charge in [-0.2, -0.15) is 18.4 Å². The van der Waals surface area contributed by atoms with Gasteiger partial charge in [0.25, 0.3) is 5.91 Å². The zero-order valence-electron chi connectivity index (χ0n) is 15.2. The van der Waals surface area contributed by atoms with Gasteiger partial charge in [0, 0.05) is 23.8 Å². The van der Waals surface area contributed by atoms with E-state index in [1.54, 1.807) is 12.1 Å². The summed E-state index contributed by atoms with van der Waals surface area (Å²) in [5.41, 5.74) is 1.14. The average Bonchev–Trinajstić information content (AvgIpc) is 3.18. The second kappa shape index (κ2) is 8.69. The number of nitrogens with one attached hydrogen (secondary N) is 1. The van der Waals surface area contributed by atoms with Crippen LogP contribution in [-0.2, 0) is 11.2 Å². The number of benzene rings is 1. The number of aromatic nitrogens is 1. The lowest BCUT2D eigenvalue weighted by Crippen LogP contribution is -2.42. The van der Waals surface area contributed by atoms with Gasteiger partial charge in [0.05, 0.1) is 29.6 Å². The van der Waals surface area contributed by atoms with Crippen LogP contribution in [0, 0.1) is 11.3 Å². The normalized spacial score (nSPS) is 16.6. The van der Waals surface area contributed by atoms with Gasteiger partial charge in [0.15, 0.2) is 0 Å². The maximum atomic E-state index is 12.6. The van der Waals surface area contributed by atoms with Gasteiger partial charge in [-0.15, -0.1) is 11.8 Å². The summed E-state index contributed by atoms with van der Waals surface area (Å²) in [5.74, 6) is 0.0396. The van der Waals surface area contributed by atoms with Crippen LogP contribution in [0.2, 0.25) is 0 Å². The van der Waals surface area contributed by atoms with E-state index in [4.69, 9.17) is 5.26 Å². The topological polar surface area (TPSA) is 86.1 Å². The Kier molecular flexibility index (Phi) is 6.27. The third-order valence-corrected chi connectivity index (χ3v) is 5.51. The molecule has 1 N–H and O–H groups in total. The molecule has 0 aliphatic carbocycles. The molecule has 0 radical (unpaired) electrons. The number of carbonyl (C=O) groups excluding carboxylic acids is 2. The maximum absolute atomic E-state index is 12.6. The SMILES string of the molecule is N#CC1CSCN1C(=O)CNC(=O)c1ccnc2ccc(CCC(F)(F)F)cc12. The number of hydrogen-bond donors (Lipinski definition) is 1. The summed E-state index contributed by atoms with van der Waals surface area (Å²) in [6.45, 7) is -0.269. The fourth-order valence-electron chi connectivity index (χ4n) is 2.98. The Morgan fingerprint density at radius 1 is 1.34 bits per heavy atom. The van der Waals surface area contributed by atoms with E-state index in [-0.39, 0.29) is 24.4 Å².